The van der Waals surface area contributed by atoms with E-state index in [2.05, 4.69) is 39.5 Å². The van der Waals surface area contributed by atoms with E-state index in [0.717, 1.165) is 43.4 Å². The number of nitrogens with one attached hydrogen (secondary N) is 1. The molecule has 0 bridgehead atoms. The lowest BCUT2D eigenvalue weighted by atomic mass is 10.0. The quantitative estimate of drug-likeness (QED) is 0.335. The first kappa shape index (κ1) is 24.1. The van der Waals surface area contributed by atoms with Crippen molar-refractivity contribution in [1.29, 1.82) is 0 Å². The molecule has 2 N–H and O–H groups in total. The topological polar surface area (TPSA) is 91.1 Å². The molecule has 2 aromatic carbocycles. The van der Waals surface area contributed by atoms with Gasteiger partial charge in [0.15, 0.2) is 5.11 Å². The molecule has 0 radical (unpaired) electrons. The molecule has 9 heteroatoms. The zero-order chi connectivity index (χ0) is 26.1. The van der Waals surface area contributed by atoms with E-state index in [1.165, 1.54) is 0 Å². The van der Waals surface area contributed by atoms with Crippen LogP contribution in [-0.2, 0) is 4.74 Å². The van der Waals surface area contributed by atoms with Crippen molar-refractivity contribution in [3.05, 3.63) is 102 Å². The normalized spacial score (nSPS) is 19.4. The third-order valence-electron chi connectivity index (χ3n) is 6.94. The molecule has 2 aromatic heterocycles. The van der Waals surface area contributed by atoms with Crippen LogP contribution in [0, 0.1) is 0 Å². The number of thiocarbonyl (C=S) groups is 1. The number of hydrogen-bond acceptors (Lipinski definition) is 6. The minimum Gasteiger partial charge on any atom is -0.478 e. The molecule has 0 aliphatic carbocycles. The van der Waals surface area contributed by atoms with Gasteiger partial charge in [-0.05, 0) is 66.8 Å². The second-order valence-electron chi connectivity index (χ2n) is 9.17. The summed E-state index contributed by atoms with van der Waals surface area (Å²) in [5, 5.41) is 13.7. The van der Waals surface area contributed by atoms with Gasteiger partial charge in [0.1, 0.15) is 17.6 Å². The molecular formula is C29H26N4O4S. The fourth-order valence-electron chi connectivity index (χ4n) is 5.11. The van der Waals surface area contributed by atoms with Crippen molar-refractivity contribution in [1.82, 2.24) is 10.3 Å². The van der Waals surface area contributed by atoms with E-state index >= 15 is 0 Å². The van der Waals surface area contributed by atoms with E-state index in [1.807, 2.05) is 35.2 Å². The maximum atomic E-state index is 11.8. The molecule has 0 unspecified atom stereocenters. The van der Waals surface area contributed by atoms with Crippen molar-refractivity contribution in [3.8, 4) is 11.3 Å². The third kappa shape index (κ3) is 4.51. The first-order valence-electron chi connectivity index (χ1n) is 12.5. The van der Waals surface area contributed by atoms with Crippen LogP contribution in [0.2, 0.25) is 0 Å². The van der Waals surface area contributed by atoms with Crippen molar-refractivity contribution in [2.24, 2.45) is 0 Å². The molecule has 0 amide bonds. The Morgan fingerprint density at radius 1 is 0.947 bits per heavy atom. The second-order valence-corrected chi connectivity index (χ2v) is 9.55. The Morgan fingerprint density at radius 3 is 2.42 bits per heavy atom. The standard InChI is InChI=1S/C29H26N4O4S/c34-28(35)22-6-2-1-5-21(22)24-12-13-25(37-24)27-26(23-7-3-4-14-30-23)31-29(38)33(27)20-10-8-19(9-11-20)32-15-17-36-18-16-32/h1-14,26-27H,15-18H2,(H,31,38)(H,34,35)/t26-,27-/m0/s1. The van der Waals surface area contributed by atoms with Crippen LogP contribution in [0.5, 0.6) is 0 Å². The van der Waals surface area contributed by atoms with Crippen molar-refractivity contribution in [3.63, 3.8) is 0 Å². The van der Waals surface area contributed by atoms with E-state index < -0.39 is 5.97 Å². The highest BCUT2D eigenvalue weighted by atomic mass is 32.1. The monoisotopic (exact) mass is 526 g/mol. The highest BCUT2D eigenvalue weighted by Gasteiger charge is 2.42. The van der Waals surface area contributed by atoms with E-state index in [1.54, 1.807) is 30.5 Å². The highest BCUT2D eigenvalue weighted by Crippen LogP contribution is 2.43. The number of carboxylic acid groups (broad SMARTS) is 1. The number of hydrogen-bond donors (Lipinski definition) is 2. The van der Waals surface area contributed by atoms with Gasteiger partial charge in [-0.25, -0.2) is 4.79 Å². The number of carbonyl (C=O) groups is 1. The first-order valence-corrected chi connectivity index (χ1v) is 12.9. The van der Waals surface area contributed by atoms with Gasteiger partial charge in [-0.15, -0.1) is 0 Å². The zero-order valence-electron chi connectivity index (χ0n) is 20.5. The number of pyridine rings is 1. The highest BCUT2D eigenvalue weighted by molar-refractivity contribution is 7.80. The largest absolute Gasteiger partial charge is 0.478 e. The molecule has 2 saturated heterocycles. The molecule has 38 heavy (non-hydrogen) atoms. The Kier molecular flexibility index (Phi) is 6.53. The number of nitrogens with zero attached hydrogens (tertiary/aromatic N) is 3. The Bertz CT molecular complexity index is 1450. The molecule has 4 heterocycles. The van der Waals surface area contributed by atoms with E-state index in [4.69, 9.17) is 21.4 Å². The van der Waals surface area contributed by atoms with Crippen molar-refractivity contribution in [2.75, 3.05) is 36.1 Å². The van der Waals surface area contributed by atoms with Gasteiger partial charge >= 0.3 is 5.97 Å². The fraction of sp³-hybridized carbons (Fsp3) is 0.207. The number of furan rings is 1. The number of morpholine rings is 1. The SMILES string of the molecule is O=C(O)c1ccccc1-c1ccc([C@H]2[C@H](c3ccccn3)NC(=S)N2c2ccc(N3CCOCC3)cc2)o1. The van der Waals surface area contributed by atoms with E-state index in [-0.39, 0.29) is 17.6 Å². The van der Waals surface area contributed by atoms with Crippen molar-refractivity contribution in [2.45, 2.75) is 12.1 Å². The summed E-state index contributed by atoms with van der Waals surface area (Å²) in [6, 6.07) is 24.0. The van der Waals surface area contributed by atoms with Gasteiger partial charge < -0.3 is 29.4 Å². The summed E-state index contributed by atoms with van der Waals surface area (Å²) < 4.78 is 11.8. The molecule has 0 spiro atoms. The summed E-state index contributed by atoms with van der Waals surface area (Å²) in [4.78, 5) is 20.8. The van der Waals surface area contributed by atoms with Gasteiger partial charge in [-0.2, -0.15) is 0 Å². The summed E-state index contributed by atoms with van der Waals surface area (Å²) in [7, 11) is 0. The lowest BCUT2D eigenvalue weighted by Crippen LogP contribution is -2.36. The molecule has 8 nitrogen and oxygen atoms in total. The molecule has 0 saturated carbocycles. The summed E-state index contributed by atoms with van der Waals surface area (Å²) in [5.41, 5.74) is 3.60. The van der Waals surface area contributed by atoms with Crippen molar-refractivity contribution >= 4 is 34.7 Å². The van der Waals surface area contributed by atoms with Crippen LogP contribution < -0.4 is 15.1 Å². The second kappa shape index (κ2) is 10.3. The molecule has 2 aliphatic rings. The van der Waals surface area contributed by atoms with Gasteiger partial charge in [-0.1, -0.05) is 24.3 Å². The van der Waals surface area contributed by atoms with Crippen LogP contribution in [0.4, 0.5) is 11.4 Å². The third-order valence-corrected chi connectivity index (χ3v) is 7.26. The smallest absolute Gasteiger partial charge is 0.336 e. The minimum atomic E-state index is -1.00. The summed E-state index contributed by atoms with van der Waals surface area (Å²) >= 11 is 5.83. The predicted molar refractivity (Wildman–Crippen MR) is 149 cm³/mol. The van der Waals surface area contributed by atoms with Gasteiger partial charge in [0, 0.05) is 36.2 Å². The van der Waals surface area contributed by atoms with E-state index in [0.29, 0.717) is 22.2 Å². The van der Waals surface area contributed by atoms with Crippen LogP contribution in [0.1, 0.15) is 33.9 Å². The van der Waals surface area contributed by atoms with Crippen LogP contribution in [0.25, 0.3) is 11.3 Å². The molecule has 6 rings (SSSR count). The number of aromatic carboxylic acids is 1. The molecule has 192 valence electrons. The van der Waals surface area contributed by atoms with Crippen LogP contribution >= 0.6 is 12.2 Å². The average molecular weight is 527 g/mol. The first-order chi connectivity index (χ1) is 18.6. The van der Waals surface area contributed by atoms with Gasteiger partial charge in [0.05, 0.1) is 30.5 Å². The number of ether oxygens (including phenoxy) is 1. The summed E-state index contributed by atoms with van der Waals surface area (Å²) in [6.07, 6.45) is 1.76. The number of rotatable bonds is 6. The summed E-state index contributed by atoms with van der Waals surface area (Å²) in [5.74, 6) is 0.134. The van der Waals surface area contributed by atoms with Gasteiger partial charge in [-0.3, -0.25) is 4.98 Å². The predicted octanol–water partition coefficient (Wildman–Crippen LogP) is 5.05. The lowest BCUT2D eigenvalue weighted by molar-refractivity contribution is 0.0697. The number of anilines is 2. The van der Waals surface area contributed by atoms with Crippen LogP contribution in [-0.4, -0.2) is 47.5 Å². The Morgan fingerprint density at radius 2 is 1.68 bits per heavy atom. The average Bonchev–Trinajstić information content (AvgIpc) is 3.59. The summed E-state index contributed by atoms with van der Waals surface area (Å²) in [6.45, 7) is 3.17. The Hall–Kier alpha value is -4.21. The molecule has 2 atom stereocenters. The van der Waals surface area contributed by atoms with Crippen LogP contribution in [0.3, 0.4) is 0 Å². The maximum absolute atomic E-state index is 11.8. The number of aromatic nitrogens is 1. The molecule has 2 aliphatic heterocycles. The van der Waals surface area contributed by atoms with Crippen LogP contribution in [0.15, 0.2) is 89.5 Å². The Labute approximate surface area is 225 Å². The lowest BCUT2D eigenvalue weighted by Gasteiger charge is -2.30. The van der Waals surface area contributed by atoms with Gasteiger partial charge in [0.2, 0.25) is 0 Å². The van der Waals surface area contributed by atoms with Crippen molar-refractivity contribution < 1.29 is 19.1 Å². The minimum absolute atomic E-state index is 0.185. The number of carboxylic acids is 1. The fourth-order valence-corrected chi connectivity index (χ4v) is 5.45. The van der Waals surface area contributed by atoms with Gasteiger partial charge in [0.25, 0.3) is 0 Å². The Balaban J connectivity index is 1.39. The molecular weight excluding hydrogens is 500 g/mol. The molecule has 2 fully saturated rings. The maximum Gasteiger partial charge on any atom is 0.336 e. The molecule has 4 aromatic rings. The van der Waals surface area contributed by atoms with E-state index in [9.17, 15) is 9.90 Å². The number of benzene rings is 2. The zero-order valence-corrected chi connectivity index (χ0v) is 21.3.